The van der Waals surface area contributed by atoms with Gasteiger partial charge in [0, 0.05) is 18.7 Å². The monoisotopic (exact) mass is 472 g/mol. The van der Waals surface area contributed by atoms with Crippen LogP contribution in [0.25, 0.3) is 10.8 Å². The lowest BCUT2D eigenvalue weighted by Gasteiger charge is -2.09. The fourth-order valence-corrected chi connectivity index (χ4v) is 4.81. The smallest absolute Gasteiger partial charge is 0.0738 e. The number of rotatable bonds is 2. The molecule has 3 rings (SSSR count). The van der Waals surface area contributed by atoms with Crippen LogP contribution < -0.4 is 0 Å². The molecule has 102 valence electrons. The Bertz CT molecular complexity index is 757. The largest absolute Gasteiger partial charge is 0.143 e. The Balaban J connectivity index is 2.03. The van der Waals surface area contributed by atoms with Crippen molar-refractivity contribution in [3.63, 3.8) is 0 Å². The molecule has 0 aliphatic carbocycles. The lowest BCUT2D eigenvalue weighted by Crippen LogP contribution is -1.89. The first-order valence-corrected chi connectivity index (χ1v) is 9.45. The van der Waals surface area contributed by atoms with Crippen LogP contribution >= 0.6 is 59.1 Å². The second-order valence-electron chi connectivity index (χ2n) is 4.67. The summed E-state index contributed by atoms with van der Waals surface area (Å²) in [7, 11) is 0. The molecular weight excluding hydrogens is 464 g/mol. The number of hydrogen-bond donors (Lipinski definition) is 0. The van der Waals surface area contributed by atoms with Crippen LogP contribution in [0.4, 0.5) is 0 Å². The summed E-state index contributed by atoms with van der Waals surface area (Å²) in [5.41, 5.74) is 1.29. The van der Waals surface area contributed by atoms with E-state index in [-0.39, 0.29) is 4.83 Å². The third kappa shape index (κ3) is 2.89. The summed E-state index contributed by atoms with van der Waals surface area (Å²) in [6.07, 6.45) is 0. The molecule has 3 aromatic rings. The Morgan fingerprint density at radius 3 is 2.35 bits per heavy atom. The Hall–Kier alpha value is -0.160. The first-order valence-electron chi connectivity index (χ1n) is 6.14. The van der Waals surface area contributed by atoms with Crippen molar-refractivity contribution in [2.24, 2.45) is 0 Å². The van der Waals surface area contributed by atoms with Gasteiger partial charge in [0.2, 0.25) is 0 Å². The van der Waals surface area contributed by atoms with Crippen LogP contribution in [0.15, 0.2) is 51.4 Å². The summed E-state index contributed by atoms with van der Waals surface area (Å²) in [5, 5.41) is 2.52. The SMILES string of the molecule is Cc1sc(C(Br)c2ccc3cc(Br)ccc3c2)cc1Br. The van der Waals surface area contributed by atoms with E-state index in [1.165, 1.54) is 30.6 Å². The van der Waals surface area contributed by atoms with E-state index >= 15 is 0 Å². The van der Waals surface area contributed by atoms with Crippen molar-refractivity contribution in [1.82, 2.24) is 0 Å². The second kappa shape index (κ2) is 5.91. The third-order valence-electron chi connectivity index (χ3n) is 3.25. The van der Waals surface area contributed by atoms with Gasteiger partial charge in [0.25, 0.3) is 0 Å². The fraction of sp³-hybridized carbons (Fsp3) is 0.125. The van der Waals surface area contributed by atoms with Gasteiger partial charge in [-0.1, -0.05) is 50.1 Å². The molecule has 1 unspecified atom stereocenters. The van der Waals surface area contributed by atoms with Gasteiger partial charge in [0.1, 0.15) is 0 Å². The van der Waals surface area contributed by atoms with E-state index in [4.69, 9.17) is 0 Å². The highest BCUT2D eigenvalue weighted by Gasteiger charge is 2.14. The van der Waals surface area contributed by atoms with Crippen molar-refractivity contribution in [3.05, 3.63) is 66.7 Å². The third-order valence-corrected chi connectivity index (χ3v) is 7.26. The predicted octanol–water partition coefficient (Wildman–Crippen LogP) is 7.22. The topological polar surface area (TPSA) is 0 Å². The van der Waals surface area contributed by atoms with Gasteiger partial charge in [-0.3, -0.25) is 0 Å². The minimum Gasteiger partial charge on any atom is -0.143 e. The summed E-state index contributed by atoms with van der Waals surface area (Å²) in [4.78, 5) is 2.88. The first-order chi connectivity index (χ1) is 9.54. The van der Waals surface area contributed by atoms with Crippen LogP contribution in [0.1, 0.15) is 20.1 Å². The van der Waals surface area contributed by atoms with Crippen molar-refractivity contribution in [2.45, 2.75) is 11.8 Å². The number of hydrogen-bond acceptors (Lipinski definition) is 1. The number of halogens is 3. The molecule has 1 atom stereocenters. The summed E-state index contributed by atoms with van der Waals surface area (Å²) in [5.74, 6) is 0. The van der Waals surface area contributed by atoms with Crippen molar-refractivity contribution in [3.8, 4) is 0 Å². The van der Waals surface area contributed by atoms with Gasteiger partial charge in [-0.05, 0) is 63.5 Å². The van der Waals surface area contributed by atoms with Crippen molar-refractivity contribution >= 4 is 69.9 Å². The molecule has 0 radical (unpaired) electrons. The minimum absolute atomic E-state index is 0.241. The van der Waals surface area contributed by atoms with Gasteiger partial charge in [-0.2, -0.15) is 0 Å². The molecule has 1 aromatic heterocycles. The van der Waals surface area contributed by atoms with Crippen molar-refractivity contribution in [2.75, 3.05) is 0 Å². The van der Waals surface area contributed by atoms with Crippen LogP contribution in [0.2, 0.25) is 0 Å². The zero-order valence-corrected chi connectivity index (χ0v) is 16.2. The van der Waals surface area contributed by atoms with Crippen LogP contribution in [-0.4, -0.2) is 0 Å². The quantitative estimate of drug-likeness (QED) is 0.344. The standard InChI is InChI=1S/C16H11Br3S/c1-9-14(18)8-15(20-9)16(19)12-3-2-11-7-13(17)5-4-10(11)6-12/h2-8,16H,1H3. The van der Waals surface area contributed by atoms with Crippen LogP contribution in [0.3, 0.4) is 0 Å². The lowest BCUT2D eigenvalue weighted by molar-refractivity contribution is 1.23. The molecule has 0 amide bonds. The van der Waals surface area contributed by atoms with E-state index in [2.05, 4.69) is 97.2 Å². The molecule has 0 aliphatic heterocycles. The van der Waals surface area contributed by atoms with Crippen LogP contribution in [0, 0.1) is 6.92 Å². The Labute approximate surface area is 147 Å². The fourth-order valence-electron chi connectivity index (χ4n) is 2.16. The summed E-state index contributed by atoms with van der Waals surface area (Å²) < 4.78 is 2.30. The number of aryl methyl sites for hydroxylation is 1. The van der Waals surface area contributed by atoms with E-state index in [0.717, 1.165) is 4.47 Å². The number of alkyl halides is 1. The number of thiophene rings is 1. The number of fused-ring (bicyclic) bond motifs is 1. The zero-order chi connectivity index (χ0) is 14.3. The average molecular weight is 475 g/mol. The molecule has 0 fully saturated rings. The lowest BCUT2D eigenvalue weighted by atomic mass is 10.0. The van der Waals surface area contributed by atoms with Crippen LogP contribution in [0.5, 0.6) is 0 Å². The van der Waals surface area contributed by atoms with Gasteiger partial charge in [0.15, 0.2) is 0 Å². The Kier molecular flexibility index (Phi) is 4.37. The molecule has 4 heteroatoms. The molecule has 0 saturated carbocycles. The Morgan fingerprint density at radius 1 is 0.950 bits per heavy atom. The first kappa shape index (κ1) is 14.8. The maximum Gasteiger partial charge on any atom is 0.0738 e. The molecule has 0 nitrogen and oxygen atoms in total. The predicted molar refractivity (Wildman–Crippen MR) is 99.2 cm³/mol. The molecule has 0 bridgehead atoms. The van der Waals surface area contributed by atoms with Crippen molar-refractivity contribution in [1.29, 1.82) is 0 Å². The minimum atomic E-state index is 0.241. The number of benzene rings is 2. The van der Waals surface area contributed by atoms with Gasteiger partial charge in [-0.15, -0.1) is 11.3 Å². The molecule has 2 aromatic carbocycles. The highest BCUT2D eigenvalue weighted by Crippen LogP contribution is 2.39. The van der Waals surface area contributed by atoms with E-state index in [1.807, 2.05) is 11.3 Å². The molecule has 0 aliphatic rings. The van der Waals surface area contributed by atoms with E-state index in [9.17, 15) is 0 Å². The summed E-state index contributed by atoms with van der Waals surface area (Å²) >= 11 is 12.7. The molecule has 0 saturated heterocycles. The molecule has 1 heterocycles. The van der Waals surface area contributed by atoms with Crippen molar-refractivity contribution < 1.29 is 0 Å². The maximum absolute atomic E-state index is 3.82. The van der Waals surface area contributed by atoms with Gasteiger partial charge in [-0.25, -0.2) is 0 Å². The summed E-state index contributed by atoms with van der Waals surface area (Å²) in [6.45, 7) is 2.13. The second-order valence-corrected chi connectivity index (χ2v) is 8.64. The highest BCUT2D eigenvalue weighted by atomic mass is 79.9. The summed E-state index contributed by atoms with van der Waals surface area (Å²) in [6, 6.07) is 15.2. The highest BCUT2D eigenvalue weighted by molar-refractivity contribution is 9.11. The molecular formula is C16H11Br3S. The van der Waals surface area contributed by atoms with Gasteiger partial charge >= 0.3 is 0 Å². The zero-order valence-electron chi connectivity index (χ0n) is 10.7. The molecule has 0 spiro atoms. The molecule has 20 heavy (non-hydrogen) atoms. The van der Waals surface area contributed by atoms with Crippen LogP contribution in [-0.2, 0) is 0 Å². The Morgan fingerprint density at radius 2 is 1.65 bits per heavy atom. The van der Waals surface area contributed by atoms with Gasteiger partial charge < -0.3 is 0 Å². The molecule has 0 N–H and O–H groups in total. The van der Waals surface area contributed by atoms with E-state index in [1.54, 1.807) is 0 Å². The van der Waals surface area contributed by atoms with Gasteiger partial charge in [0.05, 0.1) is 4.83 Å². The maximum atomic E-state index is 3.82. The normalized spacial score (nSPS) is 12.8. The average Bonchev–Trinajstić information content (AvgIpc) is 2.77. The van der Waals surface area contributed by atoms with E-state index < -0.39 is 0 Å². The van der Waals surface area contributed by atoms with E-state index in [0.29, 0.717) is 0 Å².